The topological polar surface area (TPSA) is 152 Å². The maximum Gasteiger partial charge on any atom is 0.322 e. The Labute approximate surface area is 324 Å². The summed E-state index contributed by atoms with van der Waals surface area (Å²) < 4.78 is 5.62. The number of likely N-dealkylation sites (tertiary alicyclic amines) is 2. The Kier molecular flexibility index (Phi) is 11.3. The number of aliphatic carboxylic acids is 1. The summed E-state index contributed by atoms with van der Waals surface area (Å²) in [6.45, 7) is 3.49. The average Bonchev–Trinajstić information content (AvgIpc) is 3.90. The predicted octanol–water partition coefficient (Wildman–Crippen LogP) is 6.07. The third kappa shape index (κ3) is 7.59. The monoisotopic (exact) mass is 774 g/mol. The van der Waals surface area contributed by atoms with Crippen molar-refractivity contribution in [3.05, 3.63) is 93.2 Å². The molecule has 0 radical (unpaired) electrons. The van der Waals surface area contributed by atoms with Crippen LogP contribution in [0.2, 0.25) is 10.0 Å². The van der Waals surface area contributed by atoms with Crippen LogP contribution in [-0.2, 0) is 20.4 Å². The van der Waals surface area contributed by atoms with Gasteiger partial charge in [-0.25, -0.2) is 5.01 Å². The van der Waals surface area contributed by atoms with E-state index in [4.69, 9.17) is 27.9 Å². The lowest BCUT2D eigenvalue weighted by Crippen LogP contribution is -2.60. The van der Waals surface area contributed by atoms with Crippen molar-refractivity contribution in [2.24, 2.45) is 15.4 Å². The molecule has 7 rings (SSSR count). The normalized spacial score (nSPS) is 24.1. The summed E-state index contributed by atoms with van der Waals surface area (Å²) >= 11 is 13.0. The first-order valence-corrected chi connectivity index (χ1v) is 19.2. The van der Waals surface area contributed by atoms with Gasteiger partial charge in [-0.15, -0.1) is 5.10 Å². The molecule has 2 aromatic carbocycles. The van der Waals surface area contributed by atoms with Crippen LogP contribution < -0.4 is 10.2 Å². The van der Waals surface area contributed by atoms with Gasteiger partial charge in [0, 0.05) is 31.2 Å². The van der Waals surface area contributed by atoms with E-state index in [-0.39, 0.29) is 17.9 Å². The number of hydrogen-bond donors (Lipinski definition) is 2. The number of hydrazine groups is 1. The van der Waals surface area contributed by atoms with Crippen molar-refractivity contribution in [1.82, 2.24) is 25.2 Å². The lowest BCUT2D eigenvalue weighted by atomic mass is 9.73. The van der Waals surface area contributed by atoms with Crippen LogP contribution in [0.15, 0.2) is 76.2 Å². The van der Waals surface area contributed by atoms with Crippen molar-refractivity contribution < 1.29 is 24.2 Å². The van der Waals surface area contributed by atoms with E-state index in [1.807, 2.05) is 53.4 Å². The summed E-state index contributed by atoms with van der Waals surface area (Å²) in [6, 6.07) is 15.7. The fourth-order valence-corrected chi connectivity index (χ4v) is 8.70. The molecule has 0 aliphatic carbocycles. The third-order valence-corrected chi connectivity index (χ3v) is 12.4. The Hall–Kier alpha value is -4.43. The Morgan fingerprint density at radius 1 is 0.981 bits per heavy atom. The van der Waals surface area contributed by atoms with E-state index in [1.54, 1.807) is 30.6 Å². The maximum atomic E-state index is 14.2. The first-order chi connectivity index (χ1) is 26.1. The molecule has 15 heteroatoms. The van der Waals surface area contributed by atoms with E-state index < -0.39 is 22.8 Å². The summed E-state index contributed by atoms with van der Waals surface area (Å²) in [5, 5.41) is 24.1. The van der Waals surface area contributed by atoms with Gasteiger partial charge in [0.25, 0.3) is 5.91 Å². The summed E-state index contributed by atoms with van der Waals surface area (Å²) in [5.74, 6) is -0.798. The zero-order valence-electron chi connectivity index (χ0n) is 30.2. The van der Waals surface area contributed by atoms with Crippen molar-refractivity contribution in [3.8, 4) is 5.75 Å². The van der Waals surface area contributed by atoms with Gasteiger partial charge in [-0.2, -0.15) is 5.11 Å². The number of carbonyl (C=O) groups excluding carboxylic acids is 2. The highest BCUT2D eigenvalue weighted by atomic mass is 35.5. The first kappa shape index (κ1) is 37.9. The molecule has 0 saturated carbocycles. The molecule has 0 spiro atoms. The minimum atomic E-state index is -0.932. The van der Waals surface area contributed by atoms with E-state index in [2.05, 4.69) is 30.7 Å². The quantitative estimate of drug-likeness (QED) is 0.238. The van der Waals surface area contributed by atoms with Crippen molar-refractivity contribution in [2.45, 2.75) is 67.9 Å². The van der Waals surface area contributed by atoms with Gasteiger partial charge in [-0.05, 0) is 117 Å². The van der Waals surface area contributed by atoms with Crippen LogP contribution in [-0.4, -0.2) is 101 Å². The van der Waals surface area contributed by atoms with Crippen molar-refractivity contribution in [1.29, 1.82) is 0 Å². The van der Waals surface area contributed by atoms with E-state index in [0.29, 0.717) is 79.0 Å². The van der Waals surface area contributed by atoms with Gasteiger partial charge in [0.2, 0.25) is 5.91 Å². The fourth-order valence-electron chi connectivity index (χ4n) is 8.40. The molecule has 3 aromatic rings. The molecule has 5 heterocycles. The second-order valence-electron chi connectivity index (χ2n) is 14.6. The summed E-state index contributed by atoms with van der Waals surface area (Å²) in [6.07, 6.45) is 7.96. The number of amides is 2. The summed E-state index contributed by atoms with van der Waals surface area (Å²) in [4.78, 5) is 49.3. The number of carbonyl (C=O) groups is 3. The van der Waals surface area contributed by atoms with Crippen molar-refractivity contribution in [3.63, 3.8) is 0 Å². The van der Waals surface area contributed by atoms with E-state index in [9.17, 15) is 19.5 Å². The largest absolute Gasteiger partial charge is 0.496 e. The number of piperidine rings is 2. The van der Waals surface area contributed by atoms with Gasteiger partial charge in [0.05, 0.1) is 40.0 Å². The van der Waals surface area contributed by atoms with E-state index in [1.165, 1.54) is 0 Å². The van der Waals surface area contributed by atoms with Gasteiger partial charge < -0.3 is 19.6 Å². The number of methoxy groups -OCH3 is 1. The molecule has 1 aromatic heterocycles. The molecule has 3 fully saturated rings. The van der Waals surface area contributed by atoms with Gasteiger partial charge in [0.15, 0.2) is 0 Å². The number of rotatable bonds is 11. The zero-order chi connectivity index (χ0) is 37.9. The second kappa shape index (κ2) is 16.1. The molecule has 2 amide bonds. The van der Waals surface area contributed by atoms with Crippen LogP contribution >= 0.6 is 23.2 Å². The first-order valence-electron chi connectivity index (χ1n) is 18.4. The summed E-state index contributed by atoms with van der Waals surface area (Å²) in [7, 11) is 1.55. The van der Waals surface area contributed by atoms with Gasteiger partial charge >= 0.3 is 5.97 Å². The molecule has 13 nitrogen and oxygen atoms in total. The van der Waals surface area contributed by atoms with Crippen LogP contribution in [0.1, 0.15) is 78.2 Å². The molecule has 0 bridgehead atoms. The Morgan fingerprint density at radius 3 is 2.52 bits per heavy atom. The van der Waals surface area contributed by atoms with Gasteiger partial charge in [-0.3, -0.25) is 24.8 Å². The Bertz CT molecular complexity index is 1930. The molecule has 3 atom stereocenters. The highest BCUT2D eigenvalue weighted by Gasteiger charge is 2.47. The number of halogens is 2. The number of aromatic nitrogens is 1. The fraction of sp³-hybridized carbons (Fsp3) is 0.462. The SMILES string of the molecule is COc1ccc(C2C=NN=N2)cc1C(=O)N1CCC(CCN2CCC(C(=O)NN3CCCCC3C(=O)O)(c3ccccn3)CC2)(c2ccc(Cl)c(Cl)c2)C1. The number of carboxylic acids is 1. The molecule has 4 aliphatic rings. The highest BCUT2D eigenvalue weighted by molar-refractivity contribution is 6.42. The second-order valence-corrected chi connectivity index (χ2v) is 15.4. The van der Waals surface area contributed by atoms with E-state index in [0.717, 1.165) is 43.4 Å². The number of ether oxygens (including phenoxy) is 1. The van der Waals surface area contributed by atoms with Crippen molar-refractivity contribution in [2.75, 3.05) is 46.4 Å². The van der Waals surface area contributed by atoms with Crippen molar-refractivity contribution >= 4 is 47.2 Å². The number of nitrogens with zero attached hydrogens (tertiary/aromatic N) is 7. The number of pyridine rings is 1. The Morgan fingerprint density at radius 2 is 1.81 bits per heavy atom. The highest BCUT2D eigenvalue weighted by Crippen LogP contribution is 2.42. The molecule has 284 valence electrons. The minimum Gasteiger partial charge on any atom is -0.496 e. The van der Waals surface area contributed by atoms with Crippen LogP contribution in [0.3, 0.4) is 0 Å². The zero-order valence-corrected chi connectivity index (χ0v) is 31.7. The number of hydrogen-bond acceptors (Lipinski definition) is 10. The molecule has 3 saturated heterocycles. The molecule has 2 N–H and O–H groups in total. The lowest BCUT2D eigenvalue weighted by Gasteiger charge is -2.43. The molecular formula is C39H44Cl2N8O5. The van der Waals surface area contributed by atoms with Crippen LogP contribution in [0.4, 0.5) is 0 Å². The number of carboxylic acid groups (broad SMARTS) is 1. The number of nitrogens with one attached hydrogen (secondary N) is 1. The summed E-state index contributed by atoms with van der Waals surface area (Å²) in [5.41, 5.74) is 4.66. The van der Waals surface area contributed by atoms with Gasteiger partial charge in [-0.1, -0.05) is 41.4 Å². The molecular weight excluding hydrogens is 731 g/mol. The van der Waals surface area contributed by atoms with Gasteiger partial charge in [0.1, 0.15) is 17.8 Å². The maximum absolute atomic E-state index is 14.2. The smallest absolute Gasteiger partial charge is 0.322 e. The predicted molar refractivity (Wildman–Crippen MR) is 204 cm³/mol. The average molecular weight is 776 g/mol. The molecule has 4 aliphatic heterocycles. The van der Waals surface area contributed by atoms with E-state index >= 15 is 0 Å². The number of benzene rings is 2. The molecule has 3 unspecified atom stereocenters. The standard InChI is InChI=1S/C39H44Cl2N8O5/c1-54-33-11-8-26(31-24-43-46-44-31)22-28(33)35(50)48-21-13-38(25-48,27-9-10-29(40)30(41)23-27)12-18-47-19-14-39(15-20-47,34-7-2-4-16-42-34)37(53)45-49-17-5-3-6-32(49)36(51)52/h2,4,7-11,16,22-24,31-32H,3,5-6,12-15,17-21,25H2,1H3,(H,45,53)(H,51,52). The van der Waals surface area contributed by atoms with Crippen LogP contribution in [0.25, 0.3) is 0 Å². The van der Waals surface area contributed by atoms with Crippen LogP contribution in [0.5, 0.6) is 5.75 Å². The Balaban J connectivity index is 1.09. The molecule has 54 heavy (non-hydrogen) atoms. The minimum absolute atomic E-state index is 0.134. The third-order valence-electron chi connectivity index (χ3n) is 11.6. The van der Waals surface area contributed by atoms with Crippen LogP contribution in [0, 0.1) is 0 Å². The lowest BCUT2D eigenvalue weighted by molar-refractivity contribution is -0.149.